The molecule has 0 fully saturated rings. The Balaban J connectivity index is 1.95. The van der Waals surface area contributed by atoms with Gasteiger partial charge in [-0.3, -0.25) is 4.79 Å². The Morgan fingerprint density at radius 2 is 2.05 bits per heavy atom. The Kier molecular flexibility index (Phi) is 5.20. The van der Waals surface area contributed by atoms with E-state index < -0.39 is 11.9 Å². The van der Waals surface area contributed by atoms with E-state index in [9.17, 15) is 9.59 Å². The van der Waals surface area contributed by atoms with Crippen molar-refractivity contribution in [3.05, 3.63) is 35.4 Å². The number of carboxylic acid groups (broad SMARTS) is 1. The van der Waals surface area contributed by atoms with Crippen molar-refractivity contribution >= 4 is 12.0 Å². The summed E-state index contributed by atoms with van der Waals surface area (Å²) in [6, 6.07) is 7.98. The molecule has 2 N–H and O–H groups in total. The molecule has 1 heterocycles. The number of hydrogen-bond acceptors (Lipinski definition) is 2. The fourth-order valence-corrected chi connectivity index (χ4v) is 2.60. The predicted molar refractivity (Wildman–Crippen MR) is 80.0 cm³/mol. The monoisotopic (exact) mass is 290 g/mol. The number of amides is 2. The van der Waals surface area contributed by atoms with Crippen LogP contribution in [0.1, 0.15) is 30.9 Å². The minimum Gasteiger partial charge on any atom is -0.481 e. The molecule has 2 amide bonds. The Morgan fingerprint density at radius 3 is 2.71 bits per heavy atom. The highest BCUT2D eigenvalue weighted by Crippen LogP contribution is 2.18. The lowest BCUT2D eigenvalue weighted by Gasteiger charge is -2.22. The van der Waals surface area contributed by atoms with Gasteiger partial charge in [-0.05, 0) is 30.4 Å². The van der Waals surface area contributed by atoms with Crippen LogP contribution in [-0.2, 0) is 17.8 Å². The molecule has 0 saturated carbocycles. The molecule has 1 aromatic carbocycles. The van der Waals surface area contributed by atoms with Crippen LogP contribution in [-0.4, -0.2) is 35.1 Å². The Morgan fingerprint density at radius 1 is 1.33 bits per heavy atom. The largest absolute Gasteiger partial charge is 0.481 e. The highest BCUT2D eigenvalue weighted by Gasteiger charge is 2.21. The summed E-state index contributed by atoms with van der Waals surface area (Å²) in [5, 5.41) is 11.8. The smallest absolute Gasteiger partial charge is 0.317 e. The van der Waals surface area contributed by atoms with Crippen LogP contribution in [0.15, 0.2) is 24.3 Å². The molecule has 0 spiro atoms. The summed E-state index contributed by atoms with van der Waals surface area (Å²) in [4.78, 5) is 25.0. The highest BCUT2D eigenvalue weighted by molar-refractivity contribution is 5.76. The molecule has 0 saturated heterocycles. The van der Waals surface area contributed by atoms with Gasteiger partial charge in [0.15, 0.2) is 0 Å². The number of nitrogens with zero attached hydrogens (tertiary/aromatic N) is 1. The molecular formula is C16H22N2O3. The van der Waals surface area contributed by atoms with Gasteiger partial charge in [-0.15, -0.1) is 0 Å². The van der Waals surface area contributed by atoms with Crippen molar-refractivity contribution in [3.63, 3.8) is 0 Å². The fraction of sp³-hybridized carbons (Fsp3) is 0.500. The van der Waals surface area contributed by atoms with Gasteiger partial charge in [0.25, 0.3) is 0 Å². The third-order valence-corrected chi connectivity index (χ3v) is 3.98. The lowest BCUT2D eigenvalue weighted by atomic mass is 10.0. The van der Waals surface area contributed by atoms with E-state index >= 15 is 0 Å². The first-order valence-corrected chi connectivity index (χ1v) is 7.44. The normalized spacial score (nSPS) is 15.8. The van der Waals surface area contributed by atoms with Crippen molar-refractivity contribution in [1.29, 1.82) is 0 Å². The van der Waals surface area contributed by atoms with Crippen LogP contribution in [0.4, 0.5) is 4.79 Å². The van der Waals surface area contributed by atoms with E-state index in [2.05, 4.69) is 11.4 Å². The minimum absolute atomic E-state index is 0.175. The van der Waals surface area contributed by atoms with Gasteiger partial charge in [-0.25, -0.2) is 4.79 Å². The van der Waals surface area contributed by atoms with Gasteiger partial charge >= 0.3 is 12.0 Å². The third kappa shape index (κ3) is 3.97. The van der Waals surface area contributed by atoms with Crippen LogP contribution < -0.4 is 5.32 Å². The summed E-state index contributed by atoms with van der Waals surface area (Å²) in [5.74, 6) is -1.38. The van der Waals surface area contributed by atoms with Gasteiger partial charge in [-0.2, -0.15) is 0 Å². The number of carbonyl (C=O) groups excluding carboxylic acids is 1. The summed E-state index contributed by atoms with van der Waals surface area (Å²) in [6.07, 6.45) is 2.42. The molecule has 21 heavy (non-hydrogen) atoms. The van der Waals surface area contributed by atoms with Crippen molar-refractivity contribution in [2.24, 2.45) is 5.92 Å². The van der Waals surface area contributed by atoms with Gasteiger partial charge in [0.2, 0.25) is 0 Å². The van der Waals surface area contributed by atoms with Crippen LogP contribution in [0.5, 0.6) is 0 Å². The standard InChI is InChI=1S/C16H22N2O3/c1-2-12(15(19)20)10-17-16(21)18-9-5-8-13-6-3-4-7-14(13)11-18/h3-4,6-7,12H,2,5,8-11H2,1H3,(H,17,21)(H,19,20). The summed E-state index contributed by atoms with van der Waals surface area (Å²) < 4.78 is 0. The third-order valence-electron chi connectivity index (χ3n) is 3.98. The molecule has 2 rings (SSSR count). The fourth-order valence-electron chi connectivity index (χ4n) is 2.60. The van der Waals surface area contributed by atoms with Crippen molar-refractivity contribution in [3.8, 4) is 0 Å². The van der Waals surface area contributed by atoms with E-state index in [0.29, 0.717) is 19.5 Å². The first-order valence-electron chi connectivity index (χ1n) is 7.44. The molecule has 5 nitrogen and oxygen atoms in total. The highest BCUT2D eigenvalue weighted by atomic mass is 16.4. The van der Waals surface area contributed by atoms with Gasteiger partial charge in [0.1, 0.15) is 0 Å². The van der Waals surface area contributed by atoms with Crippen molar-refractivity contribution in [1.82, 2.24) is 10.2 Å². The van der Waals surface area contributed by atoms with Crippen LogP contribution in [0.25, 0.3) is 0 Å². The van der Waals surface area contributed by atoms with Crippen LogP contribution >= 0.6 is 0 Å². The molecular weight excluding hydrogens is 268 g/mol. The molecule has 0 radical (unpaired) electrons. The average molecular weight is 290 g/mol. The topological polar surface area (TPSA) is 69.6 Å². The molecule has 1 aromatic rings. The van der Waals surface area contributed by atoms with E-state index in [1.807, 2.05) is 25.1 Å². The molecule has 1 aliphatic heterocycles. The molecule has 1 unspecified atom stereocenters. The number of fused-ring (bicyclic) bond motifs is 1. The van der Waals surface area contributed by atoms with E-state index in [1.54, 1.807) is 4.90 Å². The number of carboxylic acids is 1. The molecule has 1 aliphatic rings. The maximum absolute atomic E-state index is 12.2. The number of aliphatic carboxylic acids is 1. The van der Waals surface area contributed by atoms with Crippen LogP contribution in [0.2, 0.25) is 0 Å². The van der Waals surface area contributed by atoms with Crippen molar-refractivity contribution in [2.45, 2.75) is 32.7 Å². The van der Waals surface area contributed by atoms with Gasteiger partial charge in [0, 0.05) is 19.6 Å². The Bertz CT molecular complexity index is 516. The van der Waals surface area contributed by atoms with Gasteiger partial charge < -0.3 is 15.3 Å². The average Bonchev–Trinajstić information content (AvgIpc) is 2.69. The van der Waals surface area contributed by atoms with Crippen molar-refractivity contribution in [2.75, 3.05) is 13.1 Å². The second kappa shape index (κ2) is 7.11. The first-order chi connectivity index (χ1) is 10.1. The maximum atomic E-state index is 12.2. The summed E-state index contributed by atoms with van der Waals surface area (Å²) in [7, 11) is 0. The summed E-state index contributed by atoms with van der Waals surface area (Å²) in [5.41, 5.74) is 2.47. The molecule has 114 valence electrons. The minimum atomic E-state index is -0.862. The number of benzene rings is 1. The maximum Gasteiger partial charge on any atom is 0.317 e. The zero-order chi connectivity index (χ0) is 15.2. The SMILES string of the molecule is CCC(CNC(=O)N1CCCc2ccccc2C1)C(=O)O. The second-order valence-electron chi connectivity index (χ2n) is 5.42. The first kappa shape index (κ1) is 15.4. The van der Waals surface area contributed by atoms with Gasteiger partial charge in [0.05, 0.1) is 5.92 Å². The van der Waals surface area contributed by atoms with E-state index in [4.69, 9.17) is 5.11 Å². The van der Waals surface area contributed by atoms with Gasteiger partial charge in [-0.1, -0.05) is 31.2 Å². The van der Waals surface area contributed by atoms with Crippen LogP contribution in [0, 0.1) is 5.92 Å². The van der Waals surface area contributed by atoms with E-state index in [-0.39, 0.29) is 12.6 Å². The molecule has 0 bridgehead atoms. The molecule has 5 heteroatoms. The molecule has 0 aliphatic carbocycles. The molecule has 1 atom stereocenters. The number of aryl methyl sites for hydroxylation is 1. The van der Waals surface area contributed by atoms with E-state index in [0.717, 1.165) is 12.8 Å². The zero-order valence-corrected chi connectivity index (χ0v) is 12.3. The lowest BCUT2D eigenvalue weighted by molar-refractivity contribution is -0.141. The predicted octanol–water partition coefficient (Wildman–Crippen LogP) is 2.26. The number of nitrogens with one attached hydrogen (secondary N) is 1. The second-order valence-corrected chi connectivity index (χ2v) is 5.42. The quantitative estimate of drug-likeness (QED) is 0.893. The number of hydrogen-bond donors (Lipinski definition) is 2. The summed E-state index contributed by atoms with van der Waals surface area (Å²) >= 11 is 0. The Hall–Kier alpha value is -2.04. The summed E-state index contributed by atoms with van der Waals surface area (Å²) in [6.45, 7) is 3.28. The lowest BCUT2D eigenvalue weighted by Crippen LogP contribution is -2.42. The Labute approximate surface area is 125 Å². The van der Waals surface area contributed by atoms with Crippen molar-refractivity contribution < 1.29 is 14.7 Å². The number of rotatable bonds is 4. The number of urea groups is 1. The molecule has 0 aromatic heterocycles. The number of carbonyl (C=O) groups is 2. The van der Waals surface area contributed by atoms with E-state index in [1.165, 1.54) is 11.1 Å². The van der Waals surface area contributed by atoms with Crippen LogP contribution in [0.3, 0.4) is 0 Å². The zero-order valence-electron chi connectivity index (χ0n) is 12.3.